The van der Waals surface area contributed by atoms with Crippen LogP contribution in [0.3, 0.4) is 0 Å². The Morgan fingerprint density at radius 1 is 0.957 bits per heavy atom. The van der Waals surface area contributed by atoms with E-state index in [1.54, 1.807) is 24.3 Å². The summed E-state index contributed by atoms with van der Waals surface area (Å²) in [6.07, 6.45) is 0. The van der Waals surface area contributed by atoms with Gasteiger partial charge in [0.1, 0.15) is 34.0 Å². The van der Waals surface area contributed by atoms with Crippen molar-refractivity contribution in [3.8, 4) is 28.6 Å². The summed E-state index contributed by atoms with van der Waals surface area (Å²) in [6.45, 7) is 0. The van der Waals surface area contributed by atoms with Crippen LogP contribution in [0.5, 0.6) is 17.2 Å². The van der Waals surface area contributed by atoms with E-state index in [9.17, 15) is 4.79 Å². The van der Waals surface area contributed by atoms with Crippen LogP contribution in [0.1, 0.15) is 4.11 Å². The molecule has 0 unspecified atom stereocenters. The molecule has 0 atom stereocenters. The minimum atomic E-state index is -2.52. The summed E-state index contributed by atoms with van der Waals surface area (Å²) >= 11 is 0. The lowest BCUT2D eigenvalue weighted by Gasteiger charge is -2.09. The molecule has 0 saturated carbocycles. The van der Waals surface area contributed by atoms with Gasteiger partial charge in [-0.1, -0.05) is 0 Å². The van der Waals surface area contributed by atoms with Crippen molar-refractivity contribution in [2.45, 2.75) is 0 Å². The Hall–Kier alpha value is -2.95. The van der Waals surface area contributed by atoms with E-state index in [2.05, 4.69) is 0 Å². The van der Waals surface area contributed by atoms with Crippen LogP contribution in [0.4, 0.5) is 0 Å². The minimum Gasteiger partial charge on any atom is -0.497 e. The molecular weight excluding hydrogens is 296 g/mol. The van der Waals surface area contributed by atoms with Crippen molar-refractivity contribution in [1.82, 2.24) is 0 Å². The monoisotopic (exact) mass is 315 g/mol. The van der Waals surface area contributed by atoms with Crippen LogP contribution in [0.25, 0.3) is 22.3 Å². The van der Waals surface area contributed by atoms with Gasteiger partial charge in [-0.2, -0.15) is 0 Å². The van der Waals surface area contributed by atoms with Crippen molar-refractivity contribution >= 4 is 11.0 Å². The average Bonchev–Trinajstić information content (AvgIpc) is 2.59. The van der Waals surface area contributed by atoms with Gasteiger partial charge in [0.25, 0.3) is 0 Å². The Balaban J connectivity index is 2.07. The van der Waals surface area contributed by atoms with Gasteiger partial charge in [0, 0.05) is 23.8 Å². The van der Waals surface area contributed by atoms with Gasteiger partial charge in [-0.05, 0) is 24.3 Å². The standard InChI is InChI=1S/C18H16O5/c1-20-12-6-4-11(5-7-12)15-10-14(19)18-16(22-3)8-13(21-2)9-17(18)23-15/h4-10H,1-3H3/i1D3. The third-order valence-corrected chi connectivity index (χ3v) is 3.48. The summed E-state index contributed by atoms with van der Waals surface area (Å²) in [4.78, 5) is 12.5. The molecule has 2 aromatic carbocycles. The number of hydrogen-bond acceptors (Lipinski definition) is 5. The van der Waals surface area contributed by atoms with Crippen molar-refractivity contribution in [3.63, 3.8) is 0 Å². The third-order valence-electron chi connectivity index (χ3n) is 3.48. The molecule has 0 aliphatic heterocycles. The molecule has 0 aliphatic rings. The number of hydrogen-bond donors (Lipinski definition) is 0. The lowest BCUT2D eigenvalue weighted by molar-refractivity contribution is 0.396. The van der Waals surface area contributed by atoms with Crippen molar-refractivity contribution in [2.75, 3.05) is 21.3 Å². The molecule has 3 aromatic rings. The number of rotatable bonds is 4. The van der Waals surface area contributed by atoms with Gasteiger partial charge < -0.3 is 18.6 Å². The largest absolute Gasteiger partial charge is 0.497 e. The predicted molar refractivity (Wildman–Crippen MR) is 87.6 cm³/mol. The molecule has 3 rings (SSSR count). The molecule has 1 aromatic heterocycles. The van der Waals surface area contributed by atoms with E-state index in [0.717, 1.165) is 0 Å². The molecule has 23 heavy (non-hydrogen) atoms. The highest BCUT2D eigenvalue weighted by molar-refractivity contribution is 5.86. The Labute approximate surface area is 137 Å². The number of ether oxygens (including phenoxy) is 3. The van der Waals surface area contributed by atoms with Crippen LogP contribution in [-0.4, -0.2) is 21.3 Å². The lowest BCUT2D eigenvalue weighted by atomic mass is 10.1. The van der Waals surface area contributed by atoms with Gasteiger partial charge in [-0.3, -0.25) is 4.79 Å². The summed E-state index contributed by atoms with van der Waals surface area (Å²) in [5.74, 6) is 1.38. The second-order valence-electron chi connectivity index (χ2n) is 4.80. The fourth-order valence-corrected chi connectivity index (χ4v) is 2.34. The number of methoxy groups -OCH3 is 3. The predicted octanol–water partition coefficient (Wildman–Crippen LogP) is 3.49. The Kier molecular flexibility index (Phi) is 3.05. The fraction of sp³-hybridized carbons (Fsp3) is 0.167. The molecule has 0 bridgehead atoms. The summed E-state index contributed by atoms with van der Waals surface area (Å²) in [7, 11) is 0.446. The SMILES string of the molecule is [2H]C([2H])([2H])Oc1ccc(-c2cc(=O)c3c(OC)cc(OC)cc3o2)cc1. The molecule has 5 nitrogen and oxygen atoms in total. The summed E-state index contributed by atoms with van der Waals surface area (Å²) < 4.78 is 42.4. The normalized spacial score (nSPS) is 13.0. The Morgan fingerprint density at radius 2 is 1.74 bits per heavy atom. The van der Waals surface area contributed by atoms with Crippen LogP contribution >= 0.6 is 0 Å². The molecule has 0 radical (unpaired) electrons. The maximum absolute atomic E-state index is 12.5. The smallest absolute Gasteiger partial charge is 0.197 e. The maximum atomic E-state index is 12.5. The minimum absolute atomic E-state index is 0.195. The second-order valence-corrected chi connectivity index (χ2v) is 4.80. The van der Waals surface area contributed by atoms with E-state index >= 15 is 0 Å². The first-order chi connectivity index (χ1) is 12.3. The molecule has 118 valence electrons. The van der Waals surface area contributed by atoms with Crippen molar-refractivity contribution in [1.29, 1.82) is 0 Å². The average molecular weight is 315 g/mol. The van der Waals surface area contributed by atoms with E-state index in [-0.39, 0.29) is 11.2 Å². The number of benzene rings is 2. The Morgan fingerprint density at radius 3 is 2.39 bits per heavy atom. The molecule has 0 saturated heterocycles. The van der Waals surface area contributed by atoms with Gasteiger partial charge in [-0.15, -0.1) is 0 Å². The van der Waals surface area contributed by atoms with E-state index in [1.165, 1.54) is 32.4 Å². The summed E-state index contributed by atoms with van der Waals surface area (Å²) in [6, 6.07) is 10.8. The molecule has 0 spiro atoms. The maximum Gasteiger partial charge on any atom is 0.197 e. The quantitative estimate of drug-likeness (QED) is 0.737. The van der Waals surface area contributed by atoms with Crippen molar-refractivity contribution < 1.29 is 22.7 Å². The molecular formula is C18H16O5. The van der Waals surface area contributed by atoms with Crippen LogP contribution in [0, 0.1) is 0 Å². The van der Waals surface area contributed by atoms with Crippen molar-refractivity contribution in [3.05, 3.63) is 52.7 Å². The molecule has 0 fully saturated rings. The van der Waals surface area contributed by atoms with Gasteiger partial charge >= 0.3 is 0 Å². The van der Waals surface area contributed by atoms with Gasteiger partial charge in [-0.25, -0.2) is 0 Å². The lowest BCUT2D eigenvalue weighted by Crippen LogP contribution is -2.03. The summed E-state index contributed by atoms with van der Waals surface area (Å²) in [5.41, 5.74) is 0.666. The zero-order chi connectivity index (χ0) is 18.9. The molecule has 0 N–H and O–H groups in total. The zero-order valence-corrected chi connectivity index (χ0v) is 12.6. The topological polar surface area (TPSA) is 57.9 Å². The third kappa shape index (κ3) is 2.73. The van der Waals surface area contributed by atoms with E-state index in [0.29, 0.717) is 33.8 Å². The molecule has 0 aliphatic carbocycles. The van der Waals surface area contributed by atoms with Gasteiger partial charge in [0.05, 0.1) is 25.4 Å². The first-order valence-electron chi connectivity index (χ1n) is 8.30. The van der Waals surface area contributed by atoms with Crippen LogP contribution < -0.4 is 19.6 Å². The van der Waals surface area contributed by atoms with E-state index < -0.39 is 7.04 Å². The molecule has 5 heteroatoms. The number of fused-ring (bicyclic) bond motifs is 1. The van der Waals surface area contributed by atoms with Gasteiger partial charge in [0.15, 0.2) is 5.43 Å². The van der Waals surface area contributed by atoms with Crippen molar-refractivity contribution in [2.24, 2.45) is 0 Å². The highest BCUT2D eigenvalue weighted by Crippen LogP contribution is 2.31. The van der Waals surface area contributed by atoms with Crippen LogP contribution in [0.15, 0.2) is 51.7 Å². The van der Waals surface area contributed by atoms with E-state index in [1.807, 2.05) is 0 Å². The molecule has 1 heterocycles. The highest BCUT2D eigenvalue weighted by atomic mass is 16.5. The second kappa shape index (κ2) is 6.04. The van der Waals surface area contributed by atoms with Crippen LogP contribution in [-0.2, 0) is 0 Å². The Bertz CT molecular complexity index is 991. The first-order valence-corrected chi connectivity index (χ1v) is 6.80. The van der Waals surface area contributed by atoms with Crippen LogP contribution in [0.2, 0.25) is 0 Å². The summed E-state index contributed by atoms with van der Waals surface area (Å²) in [5, 5.41) is 0.319. The molecule has 0 amide bonds. The first kappa shape index (κ1) is 11.6. The van der Waals surface area contributed by atoms with E-state index in [4.69, 9.17) is 22.7 Å². The van der Waals surface area contributed by atoms with Gasteiger partial charge in [0.2, 0.25) is 0 Å². The highest BCUT2D eigenvalue weighted by Gasteiger charge is 2.13. The zero-order valence-electron chi connectivity index (χ0n) is 15.6. The fourth-order valence-electron chi connectivity index (χ4n) is 2.34.